The summed E-state index contributed by atoms with van der Waals surface area (Å²) < 4.78 is 13.3. The van der Waals surface area contributed by atoms with Gasteiger partial charge in [-0.1, -0.05) is 45.6 Å². The zero-order chi connectivity index (χ0) is 13.5. The third-order valence-electron chi connectivity index (χ3n) is 3.55. The van der Waals surface area contributed by atoms with Gasteiger partial charge in [-0.3, -0.25) is 0 Å². The van der Waals surface area contributed by atoms with E-state index < -0.39 is 6.10 Å². The minimum Gasteiger partial charge on any atom is -0.388 e. The molecule has 102 valence electrons. The van der Waals surface area contributed by atoms with Crippen molar-refractivity contribution in [1.29, 1.82) is 0 Å². The van der Waals surface area contributed by atoms with E-state index in [2.05, 4.69) is 13.8 Å². The predicted molar refractivity (Wildman–Crippen MR) is 74.0 cm³/mol. The highest BCUT2D eigenvalue weighted by Crippen LogP contribution is 2.27. The molecule has 0 bridgehead atoms. The third kappa shape index (κ3) is 4.77. The monoisotopic (exact) mass is 252 g/mol. The van der Waals surface area contributed by atoms with E-state index in [0.717, 1.165) is 24.8 Å². The van der Waals surface area contributed by atoms with Gasteiger partial charge in [-0.25, -0.2) is 4.39 Å². The van der Waals surface area contributed by atoms with E-state index in [1.807, 2.05) is 13.0 Å². The van der Waals surface area contributed by atoms with E-state index in [1.54, 1.807) is 0 Å². The molecule has 1 N–H and O–H groups in total. The zero-order valence-electron chi connectivity index (χ0n) is 11.7. The molecule has 0 spiro atoms. The summed E-state index contributed by atoms with van der Waals surface area (Å²) in [5, 5.41) is 10.2. The molecule has 18 heavy (non-hydrogen) atoms. The summed E-state index contributed by atoms with van der Waals surface area (Å²) in [5.41, 5.74) is 1.58. The summed E-state index contributed by atoms with van der Waals surface area (Å²) in [6.07, 6.45) is 4.81. The van der Waals surface area contributed by atoms with Crippen LogP contribution < -0.4 is 0 Å². The maximum absolute atomic E-state index is 13.3. The number of unbranched alkanes of at least 4 members (excludes halogenated alkanes) is 1. The second-order valence-corrected chi connectivity index (χ2v) is 5.23. The summed E-state index contributed by atoms with van der Waals surface area (Å²) in [7, 11) is 0. The van der Waals surface area contributed by atoms with E-state index in [0.29, 0.717) is 11.5 Å². The Bertz CT molecular complexity index is 342. The molecule has 1 aromatic rings. The lowest BCUT2D eigenvalue weighted by atomic mass is 9.90. The SMILES string of the molecule is CCCCC(CC)CC(O)c1cc(C)cc(F)c1. The van der Waals surface area contributed by atoms with Gasteiger partial charge in [0, 0.05) is 0 Å². The van der Waals surface area contributed by atoms with Gasteiger partial charge < -0.3 is 5.11 Å². The van der Waals surface area contributed by atoms with Crippen LogP contribution in [0.3, 0.4) is 0 Å². The Morgan fingerprint density at radius 2 is 1.94 bits per heavy atom. The number of rotatable bonds is 7. The fourth-order valence-corrected chi connectivity index (χ4v) is 2.39. The molecule has 0 aliphatic rings. The molecular weight excluding hydrogens is 227 g/mol. The van der Waals surface area contributed by atoms with E-state index in [9.17, 15) is 9.50 Å². The van der Waals surface area contributed by atoms with Crippen molar-refractivity contribution < 1.29 is 9.50 Å². The van der Waals surface area contributed by atoms with Crippen LogP contribution in [0.5, 0.6) is 0 Å². The van der Waals surface area contributed by atoms with Crippen LogP contribution in [0, 0.1) is 18.7 Å². The van der Waals surface area contributed by atoms with Gasteiger partial charge in [0.1, 0.15) is 5.82 Å². The number of halogens is 1. The summed E-state index contributed by atoms with van der Waals surface area (Å²) in [6.45, 7) is 6.19. The largest absolute Gasteiger partial charge is 0.388 e. The van der Waals surface area contributed by atoms with Crippen LogP contribution in [-0.2, 0) is 0 Å². The molecule has 0 fully saturated rings. The maximum atomic E-state index is 13.3. The predicted octanol–water partition coefficient (Wildman–Crippen LogP) is 4.77. The molecule has 0 radical (unpaired) electrons. The van der Waals surface area contributed by atoms with E-state index in [4.69, 9.17) is 0 Å². The topological polar surface area (TPSA) is 20.2 Å². The lowest BCUT2D eigenvalue weighted by Crippen LogP contribution is -2.07. The molecule has 0 amide bonds. The Morgan fingerprint density at radius 3 is 2.50 bits per heavy atom. The molecule has 1 nitrogen and oxygen atoms in total. The lowest BCUT2D eigenvalue weighted by Gasteiger charge is -2.19. The highest BCUT2D eigenvalue weighted by Gasteiger charge is 2.15. The normalized spacial score (nSPS) is 14.5. The van der Waals surface area contributed by atoms with Crippen LogP contribution in [-0.4, -0.2) is 5.11 Å². The molecule has 0 aromatic heterocycles. The van der Waals surface area contributed by atoms with Gasteiger partial charge in [0.05, 0.1) is 6.10 Å². The van der Waals surface area contributed by atoms with Gasteiger partial charge in [-0.05, 0) is 42.5 Å². The molecule has 1 aromatic carbocycles. The van der Waals surface area contributed by atoms with Crippen LogP contribution in [0.15, 0.2) is 18.2 Å². The first-order chi connectivity index (χ1) is 8.56. The second-order valence-electron chi connectivity index (χ2n) is 5.23. The molecule has 2 atom stereocenters. The van der Waals surface area contributed by atoms with Crippen molar-refractivity contribution in [3.8, 4) is 0 Å². The van der Waals surface area contributed by atoms with Gasteiger partial charge in [0.2, 0.25) is 0 Å². The van der Waals surface area contributed by atoms with Crippen LogP contribution in [0.2, 0.25) is 0 Å². The standard InChI is InChI=1S/C16H25FO/c1-4-6-7-13(5-2)10-16(18)14-8-12(3)9-15(17)11-14/h8-9,11,13,16,18H,4-7,10H2,1-3H3. The van der Waals surface area contributed by atoms with Crippen molar-refractivity contribution in [1.82, 2.24) is 0 Å². The lowest BCUT2D eigenvalue weighted by molar-refractivity contribution is 0.138. The summed E-state index contributed by atoms with van der Waals surface area (Å²) >= 11 is 0. The van der Waals surface area contributed by atoms with Gasteiger partial charge in [-0.15, -0.1) is 0 Å². The molecule has 1 rings (SSSR count). The fourth-order valence-electron chi connectivity index (χ4n) is 2.39. The second kappa shape index (κ2) is 7.52. The van der Waals surface area contributed by atoms with E-state index >= 15 is 0 Å². The number of aryl methyl sites for hydroxylation is 1. The van der Waals surface area contributed by atoms with Crippen LogP contribution in [0.25, 0.3) is 0 Å². The molecule has 0 aliphatic carbocycles. The van der Waals surface area contributed by atoms with Crippen molar-refractivity contribution in [3.05, 3.63) is 35.1 Å². The molecular formula is C16H25FO. The van der Waals surface area contributed by atoms with Crippen molar-refractivity contribution in [2.75, 3.05) is 0 Å². The number of benzene rings is 1. The minimum absolute atomic E-state index is 0.259. The summed E-state index contributed by atoms with van der Waals surface area (Å²) in [6, 6.07) is 4.81. The van der Waals surface area contributed by atoms with Crippen molar-refractivity contribution in [3.63, 3.8) is 0 Å². The van der Waals surface area contributed by atoms with Gasteiger partial charge in [0.15, 0.2) is 0 Å². The Kier molecular flexibility index (Phi) is 6.34. The van der Waals surface area contributed by atoms with E-state index in [-0.39, 0.29) is 5.82 Å². The van der Waals surface area contributed by atoms with Gasteiger partial charge in [-0.2, -0.15) is 0 Å². The molecule has 0 heterocycles. The molecule has 2 unspecified atom stereocenters. The summed E-state index contributed by atoms with van der Waals surface area (Å²) in [5.74, 6) is 0.272. The zero-order valence-corrected chi connectivity index (χ0v) is 11.7. The number of aliphatic hydroxyl groups is 1. The third-order valence-corrected chi connectivity index (χ3v) is 3.55. The Morgan fingerprint density at radius 1 is 1.22 bits per heavy atom. The fraction of sp³-hybridized carbons (Fsp3) is 0.625. The first-order valence-corrected chi connectivity index (χ1v) is 7.02. The van der Waals surface area contributed by atoms with Crippen LogP contribution >= 0.6 is 0 Å². The molecule has 0 saturated carbocycles. The average Bonchev–Trinajstić information content (AvgIpc) is 2.32. The Labute approximate surface area is 110 Å². The van der Waals surface area contributed by atoms with Crippen LogP contribution in [0.1, 0.15) is 63.2 Å². The Balaban J connectivity index is 2.65. The molecule has 0 aliphatic heterocycles. The summed E-state index contributed by atoms with van der Waals surface area (Å²) in [4.78, 5) is 0. The number of hydrogen-bond donors (Lipinski definition) is 1. The number of aliphatic hydroxyl groups excluding tert-OH is 1. The quantitative estimate of drug-likeness (QED) is 0.740. The van der Waals surface area contributed by atoms with Crippen molar-refractivity contribution >= 4 is 0 Å². The molecule has 0 saturated heterocycles. The average molecular weight is 252 g/mol. The number of hydrogen-bond acceptors (Lipinski definition) is 1. The first kappa shape index (κ1) is 15.2. The maximum Gasteiger partial charge on any atom is 0.123 e. The highest BCUT2D eigenvalue weighted by atomic mass is 19.1. The van der Waals surface area contributed by atoms with Gasteiger partial charge >= 0.3 is 0 Å². The van der Waals surface area contributed by atoms with Crippen molar-refractivity contribution in [2.45, 2.75) is 59.0 Å². The smallest absolute Gasteiger partial charge is 0.123 e. The highest BCUT2D eigenvalue weighted by molar-refractivity contribution is 5.25. The molecule has 2 heteroatoms. The van der Waals surface area contributed by atoms with Crippen LogP contribution in [0.4, 0.5) is 4.39 Å². The Hall–Kier alpha value is -0.890. The first-order valence-electron chi connectivity index (χ1n) is 7.02. The van der Waals surface area contributed by atoms with Gasteiger partial charge in [0.25, 0.3) is 0 Å². The van der Waals surface area contributed by atoms with E-state index in [1.165, 1.54) is 25.0 Å². The van der Waals surface area contributed by atoms with Crippen molar-refractivity contribution in [2.24, 2.45) is 5.92 Å². The minimum atomic E-state index is -0.541.